The van der Waals surface area contributed by atoms with E-state index in [1.165, 1.54) is 12.8 Å². The number of fused-ring (bicyclic) bond motifs is 1. The van der Waals surface area contributed by atoms with Crippen LogP contribution in [0, 0.1) is 0 Å². The molecule has 1 aromatic heterocycles. The summed E-state index contributed by atoms with van der Waals surface area (Å²) in [7, 11) is 0. The van der Waals surface area contributed by atoms with Crippen LogP contribution in [-0.2, 0) is 12.8 Å². The lowest BCUT2D eigenvalue weighted by atomic mass is 10.1. The monoisotopic (exact) mass is 236 g/mol. The molecule has 2 unspecified atom stereocenters. The predicted octanol–water partition coefficient (Wildman–Crippen LogP) is 0.442. The summed E-state index contributed by atoms with van der Waals surface area (Å²) >= 11 is 0. The van der Waals surface area contributed by atoms with E-state index < -0.39 is 0 Å². The van der Waals surface area contributed by atoms with Crippen LogP contribution in [0.3, 0.4) is 0 Å². The molecule has 17 heavy (non-hydrogen) atoms. The van der Waals surface area contributed by atoms with Gasteiger partial charge in [0.1, 0.15) is 5.82 Å². The largest absolute Gasteiger partial charge is 0.394 e. The van der Waals surface area contributed by atoms with Crippen LogP contribution in [0.5, 0.6) is 0 Å². The predicted molar refractivity (Wildman–Crippen MR) is 63.8 cm³/mol. The van der Waals surface area contributed by atoms with Crippen LogP contribution < -0.4 is 5.32 Å². The highest BCUT2D eigenvalue weighted by molar-refractivity contribution is 5.00. The van der Waals surface area contributed by atoms with Gasteiger partial charge in [-0.1, -0.05) is 0 Å². The molecule has 1 aromatic rings. The Balaban J connectivity index is 1.75. The first-order valence-electron chi connectivity index (χ1n) is 6.65. The van der Waals surface area contributed by atoms with Gasteiger partial charge < -0.3 is 10.4 Å². The van der Waals surface area contributed by atoms with E-state index in [0.29, 0.717) is 6.04 Å². The Morgan fingerprint density at radius 2 is 2.29 bits per heavy atom. The molecule has 0 amide bonds. The molecule has 2 N–H and O–H groups in total. The number of aliphatic hydroxyl groups excluding tert-OH is 1. The highest BCUT2D eigenvalue weighted by Crippen LogP contribution is 2.23. The Morgan fingerprint density at radius 3 is 3.06 bits per heavy atom. The Morgan fingerprint density at radius 1 is 1.35 bits per heavy atom. The first kappa shape index (κ1) is 11.2. The minimum absolute atomic E-state index is 0.150. The van der Waals surface area contributed by atoms with Gasteiger partial charge in [-0.25, -0.2) is 9.67 Å². The highest BCUT2D eigenvalue weighted by Gasteiger charge is 2.24. The summed E-state index contributed by atoms with van der Waals surface area (Å²) in [6.45, 7) is 1.30. The fraction of sp³-hybridized carbons (Fsp3) is 0.833. The molecule has 1 saturated heterocycles. The van der Waals surface area contributed by atoms with E-state index in [1.807, 2.05) is 4.68 Å². The lowest BCUT2D eigenvalue weighted by Gasteiger charge is -2.20. The van der Waals surface area contributed by atoms with E-state index >= 15 is 0 Å². The lowest BCUT2D eigenvalue weighted by molar-refractivity contribution is 0.194. The van der Waals surface area contributed by atoms with Gasteiger partial charge in [-0.15, -0.1) is 0 Å². The Hall–Kier alpha value is -0.940. The Bertz CT molecular complexity index is 384. The molecule has 0 aliphatic carbocycles. The van der Waals surface area contributed by atoms with Crippen LogP contribution in [0.2, 0.25) is 0 Å². The fourth-order valence-electron chi connectivity index (χ4n) is 2.89. The van der Waals surface area contributed by atoms with Crippen LogP contribution in [0.1, 0.15) is 43.4 Å². The summed E-state index contributed by atoms with van der Waals surface area (Å²) in [5, 5.41) is 17.4. The molecule has 3 rings (SSSR count). The normalized spacial score (nSPS) is 28.3. The molecular weight excluding hydrogens is 216 g/mol. The maximum absolute atomic E-state index is 9.33. The molecule has 0 saturated carbocycles. The van der Waals surface area contributed by atoms with E-state index in [0.717, 1.165) is 43.9 Å². The third-order valence-electron chi connectivity index (χ3n) is 3.83. The average molecular weight is 236 g/mol. The molecule has 2 aliphatic heterocycles. The van der Waals surface area contributed by atoms with Crippen molar-refractivity contribution in [2.24, 2.45) is 0 Å². The Labute approximate surface area is 101 Å². The molecule has 3 heterocycles. The van der Waals surface area contributed by atoms with Crippen molar-refractivity contribution in [2.45, 2.75) is 50.6 Å². The summed E-state index contributed by atoms with van der Waals surface area (Å²) in [6.07, 6.45) is 6.56. The van der Waals surface area contributed by atoms with E-state index in [2.05, 4.69) is 15.4 Å². The second-order valence-electron chi connectivity index (χ2n) is 5.11. The van der Waals surface area contributed by atoms with Gasteiger partial charge in [0.15, 0.2) is 5.82 Å². The molecule has 1 fully saturated rings. The van der Waals surface area contributed by atoms with E-state index in [-0.39, 0.29) is 12.6 Å². The number of aliphatic hydroxyl groups is 1. The van der Waals surface area contributed by atoms with Gasteiger partial charge in [0, 0.05) is 18.9 Å². The van der Waals surface area contributed by atoms with Gasteiger partial charge in [0.2, 0.25) is 0 Å². The number of nitrogens with one attached hydrogen (secondary N) is 1. The molecular formula is C12H20N4O. The van der Waals surface area contributed by atoms with Crippen molar-refractivity contribution in [3.05, 3.63) is 11.6 Å². The third-order valence-corrected chi connectivity index (χ3v) is 3.83. The van der Waals surface area contributed by atoms with Crippen LogP contribution in [0.25, 0.3) is 0 Å². The second-order valence-corrected chi connectivity index (χ2v) is 5.11. The first-order valence-corrected chi connectivity index (χ1v) is 6.65. The highest BCUT2D eigenvalue weighted by atomic mass is 16.3. The van der Waals surface area contributed by atoms with Crippen molar-refractivity contribution in [1.82, 2.24) is 20.1 Å². The quantitative estimate of drug-likeness (QED) is 0.799. The number of hydrogen-bond acceptors (Lipinski definition) is 4. The van der Waals surface area contributed by atoms with Crippen molar-refractivity contribution in [2.75, 3.05) is 13.2 Å². The third kappa shape index (κ3) is 2.21. The molecule has 2 atom stereocenters. The zero-order valence-corrected chi connectivity index (χ0v) is 10.1. The second kappa shape index (κ2) is 4.74. The van der Waals surface area contributed by atoms with Crippen LogP contribution >= 0.6 is 0 Å². The zero-order valence-electron chi connectivity index (χ0n) is 10.1. The van der Waals surface area contributed by atoms with Gasteiger partial charge in [0.05, 0.1) is 12.6 Å². The summed E-state index contributed by atoms with van der Waals surface area (Å²) in [5.41, 5.74) is 0. The van der Waals surface area contributed by atoms with E-state index in [9.17, 15) is 5.11 Å². The summed E-state index contributed by atoms with van der Waals surface area (Å²) in [5.74, 6) is 2.00. The first-order chi connectivity index (χ1) is 8.36. The van der Waals surface area contributed by atoms with E-state index in [4.69, 9.17) is 0 Å². The SMILES string of the molecule is OCC1CCCc2nc(CC3CCCN3)nn21. The van der Waals surface area contributed by atoms with Crippen LogP contribution in [0.4, 0.5) is 0 Å². The summed E-state index contributed by atoms with van der Waals surface area (Å²) in [4.78, 5) is 4.61. The van der Waals surface area contributed by atoms with Gasteiger partial charge in [-0.05, 0) is 32.2 Å². The van der Waals surface area contributed by atoms with Crippen molar-refractivity contribution in [3.8, 4) is 0 Å². The number of aromatic nitrogens is 3. The topological polar surface area (TPSA) is 63.0 Å². The molecule has 0 bridgehead atoms. The van der Waals surface area contributed by atoms with Crippen LogP contribution in [0.15, 0.2) is 0 Å². The zero-order chi connectivity index (χ0) is 11.7. The molecule has 2 aliphatic rings. The lowest BCUT2D eigenvalue weighted by Crippen LogP contribution is -2.24. The van der Waals surface area contributed by atoms with Crippen molar-refractivity contribution in [3.63, 3.8) is 0 Å². The minimum Gasteiger partial charge on any atom is -0.394 e. The maximum atomic E-state index is 9.33. The fourth-order valence-corrected chi connectivity index (χ4v) is 2.89. The van der Waals surface area contributed by atoms with Crippen LogP contribution in [-0.4, -0.2) is 39.1 Å². The smallest absolute Gasteiger partial charge is 0.152 e. The number of rotatable bonds is 3. The summed E-state index contributed by atoms with van der Waals surface area (Å²) < 4.78 is 1.95. The number of aryl methyl sites for hydroxylation is 1. The van der Waals surface area contributed by atoms with Gasteiger partial charge in [-0.3, -0.25) is 0 Å². The number of nitrogens with zero attached hydrogens (tertiary/aromatic N) is 3. The summed E-state index contributed by atoms with van der Waals surface area (Å²) in [6, 6.07) is 0.698. The molecule has 0 aromatic carbocycles. The Kier molecular flexibility index (Phi) is 3.11. The maximum Gasteiger partial charge on any atom is 0.152 e. The van der Waals surface area contributed by atoms with Crippen molar-refractivity contribution < 1.29 is 5.11 Å². The van der Waals surface area contributed by atoms with Gasteiger partial charge >= 0.3 is 0 Å². The van der Waals surface area contributed by atoms with Gasteiger partial charge in [-0.2, -0.15) is 5.10 Å². The molecule has 0 radical (unpaired) electrons. The minimum atomic E-state index is 0.150. The molecule has 5 nitrogen and oxygen atoms in total. The van der Waals surface area contributed by atoms with Crippen molar-refractivity contribution in [1.29, 1.82) is 0 Å². The number of hydrogen-bond donors (Lipinski definition) is 2. The molecule has 94 valence electrons. The average Bonchev–Trinajstić information content (AvgIpc) is 2.97. The standard InChI is InChI=1S/C12H20N4O/c17-8-10-4-1-5-12-14-11(15-16(10)12)7-9-3-2-6-13-9/h9-10,13,17H,1-8H2. The molecule has 5 heteroatoms. The van der Waals surface area contributed by atoms with Crippen molar-refractivity contribution >= 4 is 0 Å². The van der Waals surface area contributed by atoms with Gasteiger partial charge in [0.25, 0.3) is 0 Å². The molecule has 0 spiro atoms. The van der Waals surface area contributed by atoms with E-state index in [1.54, 1.807) is 0 Å².